The van der Waals surface area contributed by atoms with Crippen LogP contribution in [0.5, 0.6) is 0 Å². The zero-order chi connectivity index (χ0) is 14.3. The fourth-order valence-corrected chi connectivity index (χ4v) is 4.17. The summed E-state index contributed by atoms with van der Waals surface area (Å²) in [6, 6.07) is 0.660. The van der Waals surface area contributed by atoms with E-state index < -0.39 is 12.7 Å². The Morgan fingerprint density at radius 2 is 1.50 bits per heavy atom. The molecule has 6 heteroatoms. The van der Waals surface area contributed by atoms with Crippen LogP contribution < -0.4 is 0 Å². The van der Waals surface area contributed by atoms with Gasteiger partial charge in [0.05, 0.1) is 6.54 Å². The molecule has 116 valence electrons. The molecule has 0 N–H and O–H groups in total. The molecule has 3 heterocycles. The molecular formula is C14H24F3N3. The lowest BCUT2D eigenvalue weighted by Gasteiger charge is -2.35. The highest BCUT2D eigenvalue weighted by Gasteiger charge is 2.44. The molecule has 0 aromatic heterocycles. The fraction of sp³-hybridized carbons (Fsp3) is 1.00. The van der Waals surface area contributed by atoms with E-state index in [1.807, 2.05) is 0 Å². The van der Waals surface area contributed by atoms with Crippen LogP contribution in [0.2, 0.25) is 0 Å². The average Bonchev–Trinajstić information content (AvgIpc) is 2.85. The monoisotopic (exact) mass is 291 g/mol. The van der Waals surface area contributed by atoms with Gasteiger partial charge in [0.15, 0.2) is 0 Å². The zero-order valence-corrected chi connectivity index (χ0v) is 12.1. The summed E-state index contributed by atoms with van der Waals surface area (Å²) < 4.78 is 37.3. The fourth-order valence-electron chi connectivity index (χ4n) is 4.17. The molecule has 3 nitrogen and oxygen atoms in total. The van der Waals surface area contributed by atoms with Crippen molar-refractivity contribution >= 4 is 0 Å². The number of fused-ring (bicyclic) bond motifs is 1. The Hall–Kier alpha value is -0.330. The highest BCUT2D eigenvalue weighted by atomic mass is 19.4. The summed E-state index contributed by atoms with van der Waals surface area (Å²) in [7, 11) is 2.16. The highest BCUT2D eigenvalue weighted by molar-refractivity contribution is 4.96. The maximum absolute atomic E-state index is 12.4. The molecule has 0 bridgehead atoms. The van der Waals surface area contributed by atoms with Gasteiger partial charge in [-0.25, -0.2) is 0 Å². The third kappa shape index (κ3) is 3.28. The van der Waals surface area contributed by atoms with Crippen molar-refractivity contribution in [2.45, 2.75) is 25.1 Å². The molecule has 20 heavy (non-hydrogen) atoms. The predicted molar refractivity (Wildman–Crippen MR) is 71.6 cm³/mol. The predicted octanol–water partition coefficient (Wildman–Crippen LogP) is 1.51. The van der Waals surface area contributed by atoms with Crippen molar-refractivity contribution in [3.63, 3.8) is 0 Å². The molecule has 3 aliphatic rings. The summed E-state index contributed by atoms with van der Waals surface area (Å²) in [5.74, 6) is 0.911. The molecule has 3 rings (SSSR count). The lowest BCUT2D eigenvalue weighted by atomic mass is 10.0. The molecule has 0 aromatic rings. The molecular weight excluding hydrogens is 267 g/mol. The normalized spacial score (nSPS) is 34.8. The van der Waals surface area contributed by atoms with Crippen LogP contribution in [0.4, 0.5) is 13.2 Å². The smallest absolute Gasteiger partial charge is 0.306 e. The Morgan fingerprint density at radius 1 is 0.950 bits per heavy atom. The van der Waals surface area contributed by atoms with E-state index in [1.165, 1.54) is 12.8 Å². The molecule has 2 atom stereocenters. The van der Waals surface area contributed by atoms with Crippen molar-refractivity contribution in [1.82, 2.24) is 14.7 Å². The van der Waals surface area contributed by atoms with Crippen LogP contribution in [0.1, 0.15) is 12.8 Å². The number of alkyl halides is 3. The number of hydrogen-bond acceptors (Lipinski definition) is 3. The van der Waals surface area contributed by atoms with Gasteiger partial charge in [-0.2, -0.15) is 13.2 Å². The summed E-state index contributed by atoms with van der Waals surface area (Å²) >= 11 is 0. The Labute approximate surface area is 118 Å². The minimum atomic E-state index is -4.05. The molecule has 0 aliphatic carbocycles. The van der Waals surface area contributed by atoms with Gasteiger partial charge in [-0.15, -0.1) is 0 Å². The minimum Gasteiger partial charge on any atom is -0.306 e. The third-order valence-electron chi connectivity index (χ3n) is 5.20. The standard InChI is InChI=1S/C14H24F3N3/c1-18-4-2-13(3-5-18)20-8-11-6-19(7-12(11)9-20)10-14(15,16)17/h11-13H,2-10H2,1H3. The average molecular weight is 291 g/mol. The second-order valence-corrected chi connectivity index (χ2v) is 6.82. The first-order valence-electron chi connectivity index (χ1n) is 7.62. The van der Waals surface area contributed by atoms with Crippen LogP contribution >= 0.6 is 0 Å². The number of piperidine rings is 1. The van der Waals surface area contributed by atoms with Crippen molar-refractivity contribution < 1.29 is 13.2 Å². The molecule has 2 unspecified atom stereocenters. The third-order valence-corrected chi connectivity index (χ3v) is 5.20. The Kier molecular flexibility index (Phi) is 3.99. The van der Waals surface area contributed by atoms with Crippen LogP contribution in [-0.4, -0.2) is 79.8 Å². The van der Waals surface area contributed by atoms with Crippen molar-refractivity contribution in [3.05, 3.63) is 0 Å². The Balaban J connectivity index is 1.48. The molecule has 0 amide bonds. The van der Waals surface area contributed by atoms with Gasteiger partial charge in [-0.05, 0) is 44.8 Å². The summed E-state index contributed by atoms with van der Waals surface area (Å²) in [4.78, 5) is 6.51. The van der Waals surface area contributed by atoms with Crippen LogP contribution in [-0.2, 0) is 0 Å². The van der Waals surface area contributed by atoms with Gasteiger partial charge >= 0.3 is 6.18 Å². The van der Waals surface area contributed by atoms with E-state index in [0.717, 1.165) is 26.2 Å². The van der Waals surface area contributed by atoms with E-state index >= 15 is 0 Å². The maximum atomic E-state index is 12.4. The molecule has 3 aliphatic heterocycles. The van der Waals surface area contributed by atoms with E-state index in [9.17, 15) is 13.2 Å². The van der Waals surface area contributed by atoms with Gasteiger partial charge in [0, 0.05) is 32.2 Å². The maximum Gasteiger partial charge on any atom is 0.401 e. The van der Waals surface area contributed by atoms with Gasteiger partial charge in [0.1, 0.15) is 0 Å². The van der Waals surface area contributed by atoms with Crippen LogP contribution in [0.15, 0.2) is 0 Å². The summed E-state index contributed by atoms with van der Waals surface area (Å²) in [5.41, 5.74) is 0. The molecule has 3 fully saturated rings. The number of likely N-dealkylation sites (tertiary alicyclic amines) is 3. The van der Waals surface area contributed by atoms with Crippen LogP contribution in [0, 0.1) is 11.8 Å². The number of hydrogen-bond donors (Lipinski definition) is 0. The Morgan fingerprint density at radius 3 is 2.00 bits per heavy atom. The van der Waals surface area contributed by atoms with E-state index in [1.54, 1.807) is 4.90 Å². The summed E-state index contributed by atoms with van der Waals surface area (Å²) in [6.07, 6.45) is -1.63. The van der Waals surface area contributed by atoms with E-state index in [4.69, 9.17) is 0 Å². The van der Waals surface area contributed by atoms with E-state index in [2.05, 4.69) is 16.8 Å². The van der Waals surface area contributed by atoms with E-state index in [0.29, 0.717) is 31.0 Å². The van der Waals surface area contributed by atoms with Crippen LogP contribution in [0.3, 0.4) is 0 Å². The lowest BCUT2D eigenvalue weighted by Crippen LogP contribution is -2.44. The van der Waals surface area contributed by atoms with Crippen LogP contribution in [0.25, 0.3) is 0 Å². The lowest BCUT2D eigenvalue weighted by molar-refractivity contribution is -0.144. The quantitative estimate of drug-likeness (QED) is 0.763. The van der Waals surface area contributed by atoms with E-state index in [-0.39, 0.29) is 0 Å². The minimum absolute atomic E-state index is 0.456. The first-order valence-corrected chi connectivity index (χ1v) is 7.62. The van der Waals surface area contributed by atoms with Crippen molar-refractivity contribution in [3.8, 4) is 0 Å². The van der Waals surface area contributed by atoms with Gasteiger partial charge < -0.3 is 4.90 Å². The van der Waals surface area contributed by atoms with Gasteiger partial charge in [0.25, 0.3) is 0 Å². The number of nitrogens with zero attached hydrogens (tertiary/aromatic N) is 3. The zero-order valence-electron chi connectivity index (χ0n) is 12.1. The number of halogens is 3. The largest absolute Gasteiger partial charge is 0.401 e. The van der Waals surface area contributed by atoms with Gasteiger partial charge in [0.2, 0.25) is 0 Å². The van der Waals surface area contributed by atoms with Crippen molar-refractivity contribution in [1.29, 1.82) is 0 Å². The molecule has 0 radical (unpaired) electrons. The summed E-state index contributed by atoms with van der Waals surface area (Å²) in [6.45, 7) is 4.85. The second-order valence-electron chi connectivity index (χ2n) is 6.82. The first-order chi connectivity index (χ1) is 9.40. The SMILES string of the molecule is CN1CCC(N2CC3CN(CC(F)(F)F)CC3C2)CC1. The summed E-state index contributed by atoms with van der Waals surface area (Å²) in [5, 5.41) is 0. The molecule has 0 aromatic carbocycles. The van der Waals surface area contributed by atoms with Gasteiger partial charge in [-0.3, -0.25) is 9.80 Å². The molecule has 0 spiro atoms. The molecule has 3 saturated heterocycles. The second kappa shape index (κ2) is 5.46. The first kappa shape index (κ1) is 14.6. The topological polar surface area (TPSA) is 9.72 Å². The van der Waals surface area contributed by atoms with Crippen molar-refractivity contribution in [2.75, 3.05) is 52.9 Å². The molecule has 0 saturated carbocycles. The van der Waals surface area contributed by atoms with Crippen molar-refractivity contribution in [2.24, 2.45) is 11.8 Å². The van der Waals surface area contributed by atoms with Gasteiger partial charge in [-0.1, -0.05) is 0 Å². The Bertz CT molecular complexity index is 325. The number of rotatable bonds is 2. The highest BCUT2D eigenvalue weighted by Crippen LogP contribution is 2.35.